The number of halogens is 2. The molecule has 1 aromatic rings. The molecule has 2 unspecified atom stereocenters. The summed E-state index contributed by atoms with van der Waals surface area (Å²) in [5.74, 6) is 1.62. The third kappa shape index (κ3) is 3.49. The van der Waals surface area contributed by atoms with Gasteiger partial charge in [-0.25, -0.2) is 0 Å². The van der Waals surface area contributed by atoms with Gasteiger partial charge >= 0.3 is 0 Å². The fourth-order valence-electron chi connectivity index (χ4n) is 2.41. The lowest BCUT2D eigenvalue weighted by Crippen LogP contribution is -2.39. The first kappa shape index (κ1) is 14.4. The Morgan fingerprint density at radius 3 is 2.83 bits per heavy atom. The average molecular weight is 377 g/mol. The van der Waals surface area contributed by atoms with Gasteiger partial charge in [-0.1, -0.05) is 28.9 Å². The summed E-state index contributed by atoms with van der Waals surface area (Å²) in [5, 5.41) is 0. The number of hydrogen-bond donors (Lipinski definition) is 0. The van der Waals surface area contributed by atoms with Gasteiger partial charge < -0.3 is 4.74 Å². The van der Waals surface area contributed by atoms with E-state index in [2.05, 4.69) is 55.8 Å². The molecule has 2 nitrogen and oxygen atoms in total. The minimum absolute atomic E-state index is 0.677. The molecule has 1 saturated heterocycles. The van der Waals surface area contributed by atoms with E-state index in [0.29, 0.717) is 4.83 Å². The van der Waals surface area contributed by atoms with Crippen molar-refractivity contribution < 1.29 is 4.74 Å². The van der Waals surface area contributed by atoms with Gasteiger partial charge in [0.15, 0.2) is 0 Å². The van der Waals surface area contributed by atoms with E-state index < -0.39 is 0 Å². The van der Waals surface area contributed by atoms with Crippen LogP contribution >= 0.6 is 31.9 Å². The van der Waals surface area contributed by atoms with Crippen LogP contribution in [-0.2, 0) is 6.54 Å². The summed E-state index contributed by atoms with van der Waals surface area (Å²) in [4.78, 5) is 3.20. The quantitative estimate of drug-likeness (QED) is 0.737. The van der Waals surface area contributed by atoms with Gasteiger partial charge in [0.25, 0.3) is 0 Å². The van der Waals surface area contributed by atoms with Crippen LogP contribution in [0.4, 0.5) is 0 Å². The lowest BCUT2D eigenvalue weighted by atomic mass is 9.99. The van der Waals surface area contributed by atoms with Gasteiger partial charge in [0.2, 0.25) is 0 Å². The van der Waals surface area contributed by atoms with Crippen molar-refractivity contribution in [1.29, 1.82) is 0 Å². The van der Waals surface area contributed by atoms with Gasteiger partial charge in [0, 0.05) is 17.9 Å². The molecule has 100 valence electrons. The normalized spacial score (nSPS) is 25.1. The maximum absolute atomic E-state index is 5.25. The SMILES string of the molecule is COc1ccc(CN2CCC(Br)C(C)C2)cc1Br. The summed E-state index contributed by atoms with van der Waals surface area (Å²) >= 11 is 7.29. The summed E-state index contributed by atoms with van der Waals surface area (Å²) < 4.78 is 6.29. The maximum Gasteiger partial charge on any atom is 0.133 e. The van der Waals surface area contributed by atoms with Crippen LogP contribution in [0.15, 0.2) is 22.7 Å². The molecule has 0 amide bonds. The zero-order valence-corrected chi connectivity index (χ0v) is 14.0. The predicted molar refractivity (Wildman–Crippen MR) is 82.5 cm³/mol. The van der Waals surface area contributed by atoms with E-state index in [1.165, 1.54) is 25.1 Å². The molecule has 2 rings (SSSR count). The van der Waals surface area contributed by atoms with E-state index in [1.807, 2.05) is 6.07 Å². The van der Waals surface area contributed by atoms with Crippen LogP contribution in [0, 0.1) is 5.92 Å². The Hall–Kier alpha value is -0.0600. The summed E-state index contributed by atoms with van der Waals surface area (Å²) in [6.45, 7) is 5.67. The molecule has 0 aromatic heterocycles. The van der Waals surface area contributed by atoms with Crippen molar-refractivity contribution in [3.63, 3.8) is 0 Å². The van der Waals surface area contributed by atoms with Crippen molar-refractivity contribution in [2.75, 3.05) is 20.2 Å². The van der Waals surface area contributed by atoms with E-state index in [0.717, 1.165) is 22.7 Å². The zero-order chi connectivity index (χ0) is 13.1. The topological polar surface area (TPSA) is 12.5 Å². The van der Waals surface area contributed by atoms with Crippen LogP contribution in [0.2, 0.25) is 0 Å². The summed E-state index contributed by atoms with van der Waals surface area (Å²) in [6.07, 6.45) is 1.23. The molecule has 18 heavy (non-hydrogen) atoms. The first-order valence-electron chi connectivity index (χ1n) is 6.29. The Morgan fingerprint density at radius 1 is 1.44 bits per heavy atom. The Morgan fingerprint density at radius 2 is 2.22 bits per heavy atom. The van der Waals surface area contributed by atoms with Crippen LogP contribution in [0.5, 0.6) is 5.75 Å². The van der Waals surface area contributed by atoms with E-state index in [9.17, 15) is 0 Å². The number of piperidine rings is 1. The molecule has 1 aromatic carbocycles. The van der Waals surface area contributed by atoms with E-state index in [4.69, 9.17) is 4.74 Å². The second-order valence-corrected chi connectivity index (χ2v) is 7.02. The van der Waals surface area contributed by atoms with Gasteiger partial charge in [0.05, 0.1) is 11.6 Å². The molecule has 1 fully saturated rings. The zero-order valence-electron chi connectivity index (χ0n) is 10.8. The largest absolute Gasteiger partial charge is 0.496 e. The van der Waals surface area contributed by atoms with Gasteiger partial charge in [-0.3, -0.25) is 4.90 Å². The van der Waals surface area contributed by atoms with Gasteiger partial charge in [-0.05, 0) is 52.5 Å². The van der Waals surface area contributed by atoms with Crippen LogP contribution in [0.3, 0.4) is 0 Å². The highest BCUT2D eigenvalue weighted by Crippen LogP contribution is 2.28. The van der Waals surface area contributed by atoms with Crippen molar-refractivity contribution in [1.82, 2.24) is 4.90 Å². The predicted octanol–water partition coefficient (Wildman–Crippen LogP) is 4.06. The molecule has 2 atom stereocenters. The minimum atomic E-state index is 0.677. The van der Waals surface area contributed by atoms with E-state index in [1.54, 1.807) is 7.11 Å². The highest BCUT2D eigenvalue weighted by molar-refractivity contribution is 9.10. The van der Waals surface area contributed by atoms with Crippen LogP contribution in [0.1, 0.15) is 18.9 Å². The Balaban J connectivity index is 1.99. The lowest BCUT2D eigenvalue weighted by molar-refractivity contribution is 0.183. The second-order valence-electron chi connectivity index (χ2n) is 4.99. The number of rotatable bonds is 3. The molecule has 0 aliphatic carbocycles. The summed E-state index contributed by atoms with van der Waals surface area (Å²) in [7, 11) is 1.70. The Bertz CT molecular complexity index is 411. The lowest BCUT2D eigenvalue weighted by Gasteiger charge is -2.34. The van der Waals surface area contributed by atoms with Gasteiger partial charge in [-0.2, -0.15) is 0 Å². The van der Waals surface area contributed by atoms with Crippen molar-refractivity contribution >= 4 is 31.9 Å². The Kier molecular flexibility index (Phi) is 5.10. The third-order valence-electron chi connectivity index (χ3n) is 3.51. The standard InChI is InChI=1S/C14H19Br2NO/c1-10-8-17(6-5-12(10)15)9-11-3-4-14(18-2)13(16)7-11/h3-4,7,10,12H,5-6,8-9H2,1-2H3. The smallest absolute Gasteiger partial charge is 0.133 e. The van der Waals surface area contributed by atoms with Gasteiger partial charge in [-0.15, -0.1) is 0 Å². The number of ether oxygens (including phenoxy) is 1. The molecule has 1 aliphatic rings. The molecule has 0 saturated carbocycles. The molecule has 0 spiro atoms. The van der Waals surface area contributed by atoms with E-state index >= 15 is 0 Å². The minimum Gasteiger partial charge on any atom is -0.496 e. The monoisotopic (exact) mass is 375 g/mol. The highest BCUT2D eigenvalue weighted by atomic mass is 79.9. The molecular weight excluding hydrogens is 358 g/mol. The fourth-order valence-corrected chi connectivity index (χ4v) is 3.37. The van der Waals surface area contributed by atoms with Crippen LogP contribution in [-0.4, -0.2) is 29.9 Å². The molecule has 4 heteroatoms. The summed E-state index contributed by atoms with van der Waals surface area (Å²) in [6, 6.07) is 6.33. The highest BCUT2D eigenvalue weighted by Gasteiger charge is 2.23. The molecule has 0 bridgehead atoms. The first-order valence-corrected chi connectivity index (χ1v) is 8.00. The summed E-state index contributed by atoms with van der Waals surface area (Å²) in [5.41, 5.74) is 1.34. The molecule has 0 radical (unpaired) electrons. The Labute approximate surface area is 126 Å². The number of alkyl halides is 1. The van der Waals surface area contributed by atoms with Crippen molar-refractivity contribution in [3.05, 3.63) is 28.2 Å². The number of hydrogen-bond acceptors (Lipinski definition) is 2. The van der Waals surface area contributed by atoms with Gasteiger partial charge in [0.1, 0.15) is 5.75 Å². The average Bonchev–Trinajstić information content (AvgIpc) is 2.34. The third-order valence-corrected chi connectivity index (χ3v) is 5.49. The maximum atomic E-state index is 5.25. The molecule has 1 heterocycles. The molecular formula is C14H19Br2NO. The fraction of sp³-hybridized carbons (Fsp3) is 0.571. The number of methoxy groups -OCH3 is 1. The second kappa shape index (κ2) is 6.40. The first-order chi connectivity index (χ1) is 8.60. The van der Waals surface area contributed by atoms with E-state index in [-0.39, 0.29) is 0 Å². The number of nitrogens with zero attached hydrogens (tertiary/aromatic N) is 1. The van der Waals surface area contributed by atoms with Crippen molar-refractivity contribution in [3.8, 4) is 5.75 Å². The van der Waals surface area contributed by atoms with Crippen molar-refractivity contribution in [2.45, 2.75) is 24.7 Å². The van der Waals surface area contributed by atoms with Crippen LogP contribution < -0.4 is 4.74 Å². The molecule has 1 aliphatic heterocycles. The number of benzene rings is 1. The van der Waals surface area contributed by atoms with Crippen molar-refractivity contribution in [2.24, 2.45) is 5.92 Å². The number of likely N-dealkylation sites (tertiary alicyclic amines) is 1. The molecule has 0 N–H and O–H groups in total. The van der Waals surface area contributed by atoms with Crippen LogP contribution in [0.25, 0.3) is 0 Å².